The zero-order valence-electron chi connectivity index (χ0n) is 12.8. The summed E-state index contributed by atoms with van der Waals surface area (Å²) in [6.07, 6.45) is 4.33. The predicted octanol–water partition coefficient (Wildman–Crippen LogP) is 4.37. The van der Waals surface area contributed by atoms with Gasteiger partial charge in [0, 0.05) is 0 Å². The van der Waals surface area contributed by atoms with Crippen molar-refractivity contribution >= 4 is 0 Å². The van der Waals surface area contributed by atoms with Crippen LogP contribution >= 0.6 is 0 Å². The molecule has 0 radical (unpaired) electrons. The normalized spacial score (nSPS) is 23.2. The van der Waals surface area contributed by atoms with E-state index in [0.717, 1.165) is 25.0 Å². The van der Waals surface area contributed by atoms with Crippen molar-refractivity contribution in [3.05, 3.63) is 28.8 Å². The molecule has 0 N–H and O–H groups in total. The minimum absolute atomic E-state index is 0.459. The number of hydrogen-bond donors (Lipinski definition) is 0. The van der Waals surface area contributed by atoms with Gasteiger partial charge in [-0.2, -0.15) is 0 Å². The molecule has 2 rings (SSSR count). The van der Waals surface area contributed by atoms with E-state index < -0.39 is 0 Å². The van der Waals surface area contributed by atoms with Crippen molar-refractivity contribution in [3.8, 4) is 5.75 Å². The van der Waals surface area contributed by atoms with Crippen LogP contribution in [0.4, 0.5) is 0 Å². The summed E-state index contributed by atoms with van der Waals surface area (Å²) in [6, 6.07) is 4.47. The SMILES string of the molecule is CCC(CC1OC1CC)c1cc(C)cc(C)c1OC. The molecule has 0 amide bonds. The maximum absolute atomic E-state index is 5.71. The number of epoxide rings is 1. The lowest BCUT2D eigenvalue weighted by Crippen LogP contribution is -2.07. The van der Waals surface area contributed by atoms with E-state index in [1.54, 1.807) is 7.11 Å². The largest absolute Gasteiger partial charge is 0.496 e. The third-order valence-corrected chi connectivity index (χ3v) is 4.19. The molecule has 2 heteroatoms. The van der Waals surface area contributed by atoms with E-state index in [9.17, 15) is 0 Å². The van der Waals surface area contributed by atoms with Crippen molar-refractivity contribution in [1.29, 1.82) is 0 Å². The average molecular weight is 262 g/mol. The summed E-state index contributed by atoms with van der Waals surface area (Å²) in [5, 5.41) is 0. The van der Waals surface area contributed by atoms with Gasteiger partial charge >= 0.3 is 0 Å². The predicted molar refractivity (Wildman–Crippen MR) is 79.1 cm³/mol. The van der Waals surface area contributed by atoms with Gasteiger partial charge in [0.1, 0.15) is 5.75 Å². The first-order chi connectivity index (χ1) is 9.10. The number of hydrogen-bond acceptors (Lipinski definition) is 2. The topological polar surface area (TPSA) is 21.8 Å². The monoisotopic (exact) mass is 262 g/mol. The van der Waals surface area contributed by atoms with Crippen LogP contribution in [0.25, 0.3) is 0 Å². The maximum Gasteiger partial charge on any atom is 0.125 e. The van der Waals surface area contributed by atoms with Gasteiger partial charge in [0.15, 0.2) is 0 Å². The molecule has 1 aromatic carbocycles. The standard InChI is InChI=1S/C17H26O2/c1-6-13(10-16-15(7-2)19-16)14-9-11(3)8-12(4)17(14)18-5/h8-9,13,15-16H,6-7,10H2,1-5H3. The fourth-order valence-corrected chi connectivity index (χ4v) is 3.11. The van der Waals surface area contributed by atoms with Gasteiger partial charge in [-0.3, -0.25) is 0 Å². The molecule has 1 heterocycles. The van der Waals surface area contributed by atoms with Crippen LogP contribution in [-0.4, -0.2) is 19.3 Å². The van der Waals surface area contributed by atoms with Crippen LogP contribution in [0.1, 0.15) is 55.7 Å². The van der Waals surface area contributed by atoms with Crippen LogP contribution < -0.4 is 4.74 Å². The van der Waals surface area contributed by atoms with Crippen molar-refractivity contribution in [1.82, 2.24) is 0 Å². The van der Waals surface area contributed by atoms with Gasteiger partial charge in [0.2, 0.25) is 0 Å². The summed E-state index contributed by atoms with van der Waals surface area (Å²) < 4.78 is 11.3. The summed E-state index contributed by atoms with van der Waals surface area (Å²) >= 11 is 0. The Labute approximate surface area is 117 Å². The molecular weight excluding hydrogens is 236 g/mol. The number of benzene rings is 1. The Hall–Kier alpha value is -1.02. The third kappa shape index (κ3) is 3.11. The highest BCUT2D eigenvalue weighted by Gasteiger charge is 2.38. The van der Waals surface area contributed by atoms with Crippen molar-refractivity contribution in [2.45, 2.75) is 65.1 Å². The molecule has 106 valence electrons. The Morgan fingerprint density at radius 2 is 1.95 bits per heavy atom. The van der Waals surface area contributed by atoms with Crippen LogP contribution in [0, 0.1) is 13.8 Å². The molecule has 0 aliphatic carbocycles. The second-order valence-corrected chi connectivity index (χ2v) is 5.67. The molecule has 0 aromatic heterocycles. The molecule has 0 bridgehead atoms. The van der Waals surface area contributed by atoms with Crippen molar-refractivity contribution < 1.29 is 9.47 Å². The van der Waals surface area contributed by atoms with Gasteiger partial charge in [-0.1, -0.05) is 31.5 Å². The minimum Gasteiger partial charge on any atom is -0.496 e. The second-order valence-electron chi connectivity index (χ2n) is 5.67. The highest BCUT2D eigenvalue weighted by atomic mass is 16.6. The van der Waals surface area contributed by atoms with E-state index in [1.807, 2.05) is 0 Å². The molecule has 0 spiro atoms. The Balaban J connectivity index is 2.22. The van der Waals surface area contributed by atoms with Gasteiger partial charge in [0.05, 0.1) is 19.3 Å². The highest BCUT2D eigenvalue weighted by molar-refractivity contribution is 5.45. The van der Waals surface area contributed by atoms with E-state index in [1.165, 1.54) is 16.7 Å². The smallest absolute Gasteiger partial charge is 0.125 e. The van der Waals surface area contributed by atoms with E-state index in [2.05, 4.69) is 39.8 Å². The molecule has 1 fully saturated rings. The fraction of sp³-hybridized carbons (Fsp3) is 0.647. The minimum atomic E-state index is 0.459. The van der Waals surface area contributed by atoms with Gasteiger partial charge in [-0.25, -0.2) is 0 Å². The first-order valence-electron chi connectivity index (χ1n) is 7.41. The number of rotatable bonds is 6. The fourth-order valence-electron chi connectivity index (χ4n) is 3.11. The molecule has 1 aromatic rings. The zero-order chi connectivity index (χ0) is 14.0. The van der Waals surface area contributed by atoms with Crippen LogP contribution in [0.3, 0.4) is 0 Å². The van der Waals surface area contributed by atoms with E-state index in [0.29, 0.717) is 18.1 Å². The Kier molecular flexibility index (Phi) is 4.51. The van der Waals surface area contributed by atoms with Crippen LogP contribution in [0.15, 0.2) is 12.1 Å². The molecule has 3 atom stereocenters. The molecule has 2 nitrogen and oxygen atoms in total. The molecule has 3 unspecified atom stereocenters. The van der Waals surface area contributed by atoms with Crippen LogP contribution in [0.5, 0.6) is 5.75 Å². The second kappa shape index (κ2) is 5.96. The first kappa shape index (κ1) is 14.4. The van der Waals surface area contributed by atoms with E-state index >= 15 is 0 Å². The van der Waals surface area contributed by atoms with E-state index in [-0.39, 0.29) is 0 Å². The summed E-state index contributed by atoms with van der Waals surface area (Å²) in [5.74, 6) is 1.60. The Morgan fingerprint density at radius 3 is 2.47 bits per heavy atom. The van der Waals surface area contributed by atoms with E-state index in [4.69, 9.17) is 9.47 Å². The number of ether oxygens (including phenoxy) is 2. The lowest BCUT2D eigenvalue weighted by Gasteiger charge is -2.20. The third-order valence-electron chi connectivity index (χ3n) is 4.19. The van der Waals surface area contributed by atoms with Gasteiger partial charge < -0.3 is 9.47 Å². The molecular formula is C17H26O2. The maximum atomic E-state index is 5.71. The lowest BCUT2D eigenvalue weighted by atomic mass is 9.88. The van der Waals surface area contributed by atoms with Gasteiger partial charge in [-0.15, -0.1) is 0 Å². The quantitative estimate of drug-likeness (QED) is 0.710. The Morgan fingerprint density at radius 1 is 1.21 bits per heavy atom. The van der Waals surface area contributed by atoms with Crippen molar-refractivity contribution in [3.63, 3.8) is 0 Å². The molecule has 19 heavy (non-hydrogen) atoms. The molecule has 1 saturated heterocycles. The summed E-state index contributed by atoms with van der Waals surface area (Å²) in [4.78, 5) is 0. The number of aryl methyl sites for hydroxylation is 2. The molecule has 1 aliphatic heterocycles. The average Bonchev–Trinajstić information content (AvgIpc) is 3.13. The lowest BCUT2D eigenvalue weighted by molar-refractivity contribution is 0.345. The summed E-state index contributed by atoms with van der Waals surface area (Å²) in [6.45, 7) is 8.74. The van der Waals surface area contributed by atoms with Crippen molar-refractivity contribution in [2.75, 3.05) is 7.11 Å². The first-order valence-corrected chi connectivity index (χ1v) is 7.41. The Bertz CT molecular complexity index is 439. The summed E-state index contributed by atoms with van der Waals surface area (Å²) in [7, 11) is 1.77. The van der Waals surface area contributed by atoms with Gasteiger partial charge in [0.25, 0.3) is 0 Å². The zero-order valence-corrected chi connectivity index (χ0v) is 12.8. The van der Waals surface area contributed by atoms with Gasteiger partial charge in [-0.05, 0) is 50.2 Å². The molecule has 0 saturated carbocycles. The van der Waals surface area contributed by atoms with Crippen molar-refractivity contribution in [2.24, 2.45) is 0 Å². The summed E-state index contributed by atoms with van der Waals surface area (Å²) in [5.41, 5.74) is 3.91. The van der Waals surface area contributed by atoms with Crippen LogP contribution in [0.2, 0.25) is 0 Å². The highest BCUT2D eigenvalue weighted by Crippen LogP contribution is 2.40. The number of methoxy groups -OCH3 is 1. The molecule has 1 aliphatic rings. The van der Waals surface area contributed by atoms with Crippen LogP contribution in [-0.2, 0) is 4.74 Å².